The molecule has 0 radical (unpaired) electrons. The van der Waals surface area contributed by atoms with Gasteiger partial charge >= 0.3 is 0 Å². The van der Waals surface area contributed by atoms with E-state index in [0.29, 0.717) is 0 Å². The fraction of sp³-hybridized carbons (Fsp3) is 0.500. The van der Waals surface area contributed by atoms with Gasteiger partial charge in [0, 0.05) is 17.1 Å². The smallest absolute Gasteiger partial charge is 0.0459 e. The van der Waals surface area contributed by atoms with Crippen molar-refractivity contribution in [3.05, 3.63) is 22.5 Å². The van der Waals surface area contributed by atoms with Gasteiger partial charge in [-0.1, -0.05) is 0 Å². The third kappa shape index (κ3) is 1.40. The zero-order valence-electron chi connectivity index (χ0n) is 8.15. The highest BCUT2D eigenvalue weighted by Gasteiger charge is 2.17. The maximum atomic E-state index is 5.99. The molecule has 4 N–H and O–H groups in total. The Hall–Kier alpha value is -1.09. The Labute approximate surface area is 78.3 Å². The largest absolute Gasteiger partial charge is 0.412 e. The van der Waals surface area contributed by atoms with Crippen LogP contribution in [0.25, 0.3) is 0 Å². The van der Waals surface area contributed by atoms with E-state index in [1.165, 1.54) is 17.7 Å². The van der Waals surface area contributed by atoms with Crippen LogP contribution in [0.15, 0.2) is 0 Å². The number of pyridine rings is 1. The van der Waals surface area contributed by atoms with Crippen LogP contribution in [0.2, 0.25) is 0 Å². The van der Waals surface area contributed by atoms with Crippen LogP contribution < -0.4 is 5.73 Å². The van der Waals surface area contributed by atoms with Crippen LogP contribution in [-0.4, -0.2) is 10.5 Å². The molecule has 3 nitrogen and oxygen atoms in total. The van der Waals surface area contributed by atoms with Gasteiger partial charge in [-0.15, -0.1) is 0 Å². The first-order valence-electron chi connectivity index (χ1n) is 4.44. The standard InChI is InChI=1S/C10H14N2.H2O/c1-6-7(2)12-9-5-3-4-8(9)10(6)11;/h3-5H2,1-2H3,(H2,11,12);1H2. The van der Waals surface area contributed by atoms with E-state index >= 15 is 0 Å². The van der Waals surface area contributed by atoms with E-state index < -0.39 is 0 Å². The molecule has 0 unspecified atom stereocenters. The van der Waals surface area contributed by atoms with Crippen LogP contribution in [0.3, 0.4) is 0 Å². The van der Waals surface area contributed by atoms with E-state index in [1.807, 2.05) is 6.92 Å². The number of hydrogen-bond donors (Lipinski definition) is 1. The lowest BCUT2D eigenvalue weighted by molar-refractivity contribution is 0.824. The Kier molecular flexibility index (Phi) is 2.57. The summed E-state index contributed by atoms with van der Waals surface area (Å²) in [7, 11) is 0. The Bertz CT molecular complexity index is 334. The summed E-state index contributed by atoms with van der Waals surface area (Å²) < 4.78 is 0. The van der Waals surface area contributed by atoms with Crippen LogP contribution in [0.5, 0.6) is 0 Å². The molecule has 0 saturated carbocycles. The lowest BCUT2D eigenvalue weighted by Gasteiger charge is -2.09. The molecule has 0 bridgehead atoms. The van der Waals surface area contributed by atoms with Crippen molar-refractivity contribution in [3.63, 3.8) is 0 Å². The number of rotatable bonds is 0. The molecule has 0 aliphatic heterocycles. The van der Waals surface area contributed by atoms with E-state index in [0.717, 1.165) is 29.8 Å². The third-order valence-corrected chi connectivity index (χ3v) is 2.76. The average molecular weight is 180 g/mol. The predicted octanol–water partition coefficient (Wildman–Crippen LogP) is 0.945. The summed E-state index contributed by atoms with van der Waals surface area (Å²) in [5.41, 5.74) is 11.8. The molecule has 2 rings (SSSR count). The second kappa shape index (κ2) is 3.34. The minimum atomic E-state index is 0. The summed E-state index contributed by atoms with van der Waals surface area (Å²) in [5.74, 6) is 0. The van der Waals surface area contributed by atoms with Crippen LogP contribution in [0.4, 0.5) is 5.69 Å². The van der Waals surface area contributed by atoms with E-state index in [9.17, 15) is 0 Å². The Morgan fingerprint density at radius 2 is 1.92 bits per heavy atom. The number of nitrogen functional groups attached to an aromatic ring is 1. The number of aromatic nitrogens is 1. The molecule has 0 saturated heterocycles. The molecule has 0 spiro atoms. The summed E-state index contributed by atoms with van der Waals surface area (Å²) in [6.07, 6.45) is 3.45. The van der Waals surface area contributed by atoms with Crippen LogP contribution in [0, 0.1) is 13.8 Å². The number of aryl methyl sites for hydroxylation is 2. The molecular formula is C10H16N2O. The van der Waals surface area contributed by atoms with Gasteiger partial charge in [-0.05, 0) is 44.2 Å². The third-order valence-electron chi connectivity index (χ3n) is 2.76. The molecule has 1 aromatic heterocycles. The molecule has 1 aliphatic rings. The second-order valence-electron chi connectivity index (χ2n) is 3.51. The van der Waals surface area contributed by atoms with Crippen molar-refractivity contribution in [1.29, 1.82) is 0 Å². The summed E-state index contributed by atoms with van der Waals surface area (Å²) >= 11 is 0. The first-order valence-corrected chi connectivity index (χ1v) is 4.44. The second-order valence-corrected chi connectivity index (χ2v) is 3.51. The Morgan fingerprint density at radius 1 is 1.23 bits per heavy atom. The molecule has 3 heteroatoms. The monoisotopic (exact) mass is 180 g/mol. The molecule has 13 heavy (non-hydrogen) atoms. The zero-order chi connectivity index (χ0) is 8.72. The predicted molar refractivity (Wildman–Crippen MR) is 53.8 cm³/mol. The van der Waals surface area contributed by atoms with Crippen LogP contribution >= 0.6 is 0 Å². The lowest BCUT2D eigenvalue weighted by atomic mass is 10.1. The van der Waals surface area contributed by atoms with E-state index in [2.05, 4.69) is 11.9 Å². The van der Waals surface area contributed by atoms with Gasteiger partial charge in [0.05, 0.1) is 0 Å². The average Bonchev–Trinajstić information content (AvgIpc) is 2.48. The quantitative estimate of drug-likeness (QED) is 0.645. The molecular weight excluding hydrogens is 164 g/mol. The molecule has 1 heterocycles. The first kappa shape index (κ1) is 9.99. The molecule has 0 fully saturated rings. The fourth-order valence-corrected chi connectivity index (χ4v) is 1.85. The van der Waals surface area contributed by atoms with Crippen molar-refractivity contribution in [2.24, 2.45) is 0 Å². The highest BCUT2D eigenvalue weighted by Crippen LogP contribution is 2.29. The minimum absolute atomic E-state index is 0. The molecule has 72 valence electrons. The number of hydrogen-bond acceptors (Lipinski definition) is 2. The van der Waals surface area contributed by atoms with E-state index in [-0.39, 0.29) is 5.48 Å². The number of anilines is 1. The highest BCUT2D eigenvalue weighted by atomic mass is 16.0. The highest BCUT2D eigenvalue weighted by molar-refractivity contribution is 5.57. The van der Waals surface area contributed by atoms with Gasteiger partial charge in [-0.3, -0.25) is 4.98 Å². The molecule has 0 atom stereocenters. The van der Waals surface area contributed by atoms with Crippen molar-refractivity contribution in [3.8, 4) is 0 Å². The number of nitrogens with zero attached hydrogens (tertiary/aromatic N) is 1. The van der Waals surface area contributed by atoms with Gasteiger partial charge in [0.2, 0.25) is 0 Å². The molecule has 1 aliphatic carbocycles. The van der Waals surface area contributed by atoms with Gasteiger partial charge in [0.25, 0.3) is 0 Å². The van der Waals surface area contributed by atoms with Crippen molar-refractivity contribution >= 4 is 5.69 Å². The fourth-order valence-electron chi connectivity index (χ4n) is 1.85. The van der Waals surface area contributed by atoms with Gasteiger partial charge in [-0.25, -0.2) is 0 Å². The summed E-state index contributed by atoms with van der Waals surface area (Å²) in [4.78, 5) is 4.53. The Balaban J connectivity index is 0.000000845. The van der Waals surface area contributed by atoms with Crippen LogP contribution in [0.1, 0.15) is 28.9 Å². The van der Waals surface area contributed by atoms with Crippen LogP contribution in [-0.2, 0) is 12.8 Å². The minimum Gasteiger partial charge on any atom is -0.412 e. The summed E-state index contributed by atoms with van der Waals surface area (Å²) in [6, 6.07) is 0. The number of fused-ring (bicyclic) bond motifs is 1. The van der Waals surface area contributed by atoms with Gasteiger partial charge in [0.1, 0.15) is 0 Å². The molecule has 0 aromatic carbocycles. The van der Waals surface area contributed by atoms with Crippen molar-refractivity contribution in [1.82, 2.24) is 4.98 Å². The summed E-state index contributed by atoms with van der Waals surface area (Å²) in [6.45, 7) is 4.08. The van der Waals surface area contributed by atoms with E-state index in [4.69, 9.17) is 5.73 Å². The Morgan fingerprint density at radius 3 is 2.62 bits per heavy atom. The molecule has 1 aromatic rings. The zero-order valence-corrected chi connectivity index (χ0v) is 8.15. The van der Waals surface area contributed by atoms with Gasteiger partial charge in [0.15, 0.2) is 0 Å². The normalized spacial score (nSPS) is 13.7. The van der Waals surface area contributed by atoms with Gasteiger partial charge < -0.3 is 11.2 Å². The van der Waals surface area contributed by atoms with Gasteiger partial charge in [-0.2, -0.15) is 0 Å². The van der Waals surface area contributed by atoms with Crippen molar-refractivity contribution in [2.45, 2.75) is 33.1 Å². The first-order chi connectivity index (χ1) is 5.70. The topological polar surface area (TPSA) is 70.4 Å². The molecule has 0 amide bonds. The summed E-state index contributed by atoms with van der Waals surface area (Å²) in [5, 5.41) is 0. The van der Waals surface area contributed by atoms with E-state index in [1.54, 1.807) is 0 Å². The lowest BCUT2D eigenvalue weighted by Crippen LogP contribution is -2.02. The SMILES string of the molecule is Cc1nc2c(c(N)c1C)CCC2.O. The maximum absolute atomic E-state index is 5.99. The van der Waals surface area contributed by atoms with Crippen molar-refractivity contribution in [2.75, 3.05) is 5.73 Å². The number of nitrogens with two attached hydrogens (primary N) is 1. The van der Waals surface area contributed by atoms with Crippen molar-refractivity contribution < 1.29 is 5.48 Å². The maximum Gasteiger partial charge on any atom is 0.0459 e.